The van der Waals surface area contributed by atoms with Gasteiger partial charge in [0.15, 0.2) is 0 Å². The van der Waals surface area contributed by atoms with Crippen LogP contribution in [0.25, 0.3) is 0 Å². The fourth-order valence-electron chi connectivity index (χ4n) is 2.51. The highest BCUT2D eigenvalue weighted by Crippen LogP contribution is 2.28. The molecule has 3 aromatic rings. The van der Waals surface area contributed by atoms with Crippen molar-refractivity contribution in [3.05, 3.63) is 89.2 Å². The van der Waals surface area contributed by atoms with Crippen molar-refractivity contribution < 1.29 is 19.1 Å². The van der Waals surface area contributed by atoms with Crippen molar-refractivity contribution in [2.24, 2.45) is 0 Å². The van der Waals surface area contributed by atoms with Crippen molar-refractivity contribution in [1.29, 1.82) is 0 Å². The van der Waals surface area contributed by atoms with Crippen LogP contribution in [0.5, 0.6) is 5.75 Å². The van der Waals surface area contributed by atoms with E-state index in [4.69, 9.17) is 21.1 Å². The van der Waals surface area contributed by atoms with Gasteiger partial charge in [0.05, 0.1) is 17.7 Å². The topological polar surface area (TPSA) is 77.5 Å². The number of anilines is 1. The molecule has 0 radical (unpaired) electrons. The normalized spacial score (nSPS) is 11.4. The van der Waals surface area contributed by atoms with Gasteiger partial charge in [-0.1, -0.05) is 41.9 Å². The Balaban J connectivity index is 1.83. The third-order valence-electron chi connectivity index (χ3n) is 3.88. The number of carbonyl (C=O) groups excluding carboxylic acids is 2. The predicted molar refractivity (Wildman–Crippen MR) is 105 cm³/mol. The summed E-state index contributed by atoms with van der Waals surface area (Å²) in [6, 6.07) is 16.8. The molecule has 0 unspecified atom stereocenters. The maximum Gasteiger partial charge on any atom is 0.340 e. The maximum absolute atomic E-state index is 12.9. The van der Waals surface area contributed by atoms with Crippen LogP contribution in [-0.2, 0) is 9.53 Å². The Labute approximate surface area is 167 Å². The van der Waals surface area contributed by atoms with E-state index in [2.05, 4.69) is 10.3 Å². The molecule has 0 saturated carbocycles. The zero-order valence-corrected chi connectivity index (χ0v) is 15.7. The van der Waals surface area contributed by atoms with Gasteiger partial charge in [0.2, 0.25) is 6.10 Å². The molecule has 0 spiro atoms. The molecule has 28 heavy (non-hydrogen) atoms. The summed E-state index contributed by atoms with van der Waals surface area (Å²) in [5.41, 5.74) is 1.25. The second kappa shape index (κ2) is 9.01. The van der Waals surface area contributed by atoms with Gasteiger partial charge < -0.3 is 14.8 Å². The minimum Gasteiger partial charge on any atom is -0.495 e. The van der Waals surface area contributed by atoms with Gasteiger partial charge in [0.1, 0.15) is 5.75 Å². The van der Waals surface area contributed by atoms with Crippen LogP contribution in [0.4, 0.5) is 5.69 Å². The number of pyridine rings is 1. The summed E-state index contributed by atoms with van der Waals surface area (Å²) < 4.78 is 10.6. The molecule has 0 bridgehead atoms. The van der Waals surface area contributed by atoms with Crippen LogP contribution in [0.3, 0.4) is 0 Å². The van der Waals surface area contributed by atoms with Crippen LogP contribution in [0.1, 0.15) is 22.0 Å². The Hall–Kier alpha value is -3.38. The van der Waals surface area contributed by atoms with Crippen molar-refractivity contribution in [2.45, 2.75) is 6.10 Å². The number of hydrogen-bond acceptors (Lipinski definition) is 5. The average Bonchev–Trinajstić information content (AvgIpc) is 2.73. The number of esters is 1. The smallest absolute Gasteiger partial charge is 0.340 e. The molecule has 7 heteroatoms. The number of nitrogens with one attached hydrogen (secondary N) is 1. The Kier molecular flexibility index (Phi) is 6.24. The Morgan fingerprint density at radius 2 is 1.86 bits per heavy atom. The highest BCUT2D eigenvalue weighted by Gasteiger charge is 2.26. The number of benzene rings is 2. The highest BCUT2D eigenvalue weighted by molar-refractivity contribution is 6.32. The number of hydrogen-bond donors (Lipinski definition) is 1. The maximum atomic E-state index is 12.9. The lowest BCUT2D eigenvalue weighted by atomic mass is 10.1. The van der Waals surface area contributed by atoms with Crippen LogP contribution in [0.15, 0.2) is 73.1 Å². The first-order chi connectivity index (χ1) is 13.6. The molecule has 6 nitrogen and oxygen atoms in total. The summed E-state index contributed by atoms with van der Waals surface area (Å²) >= 11 is 6.11. The van der Waals surface area contributed by atoms with Crippen LogP contribution >= 0.6 is 11.6 Å². The van der Waals surface area contributed by atoms with Gasteiger partial charge in [0.25, 0.3) is 5.91 Å². The van der Waals surface area contributed by atoms with Gasteiger partial charge in [-0.2, -0.15) is 0 Å². The van der Waals surface area contributed by atoms with Gasteiger partial charge in [-0.3, -0.25) is 9.78 Å². The Morgan fingerprint density at radius 3 is 2.50 bits per heavy atom. The number of aromatic nitrogens is 1. The summed E-state index contributed by atoms with van der Waals surface area (Å²) in [7, 11) is 1.50. The van der Waals surface area contributed by atoms with E-state index in [1.54, 1.807) is 60.8 Å². The predicted octanol–water partition coefficient (Wildman–Crippen LogP) is 4.28. The lowest BCUT2D eigenvalue weighted by molar-refractivity contribution is -0.125. The summed E-state index contributed by atoms with van der Waals surface area (Å²) in [5.74, 6) is -0.670. The van der Waals surface area contributed by atoms with Gasteiger partial charge in [-0.15, -0.1) is 0 Å². The van der Waals surface area contributed by atoms with E-state index < -0.39 is 18.0 Å². The summed E-state index contributed by atoms with van der Waals surface area (Å²) in [6.45, 7) is 0. The first-order valence-electron chi connectivity index (χ1n) is 8.39. The molecule has 0 aliphatic carbocycles. The van der Waals surface area contributed by atoms with E-state index in [1.165, 1.54) is 13.3 Å². The largest absolute Gasteiger partial charge is 0.495 e. The van der Waals surface area contributed by atoms with Crippen molar-refractivity contribution in [1.82, 2.24) is 4.98 Å². The number of carbonyl (C=O) groups is 2. The van der Waals surface area contributed by atoms with Gasteiger partial charge in [-0.25, -0.2) is 4.79 Å². The monoisotopic (exact) mass is 396 g/mol. The molecule has 1 atom stereocenters. The quantitative estimate of drug-likeness (QED) is 0.629. The van der Waals surface area contributed by atoms with Gasteiger partial charge >= 0.3 is 5.97 Å². The molecule has 0 saturated heterocycles. The number of ether oxygens (including phenoxy) is 2. The SMILES string of the molecule is COc1ccc(NC(=O)[C@H](OC(=O)c2cccnc2)c2ccccc2)cc1Cl. The number of amides is 1. The summed E-state index contributed by atoms with van der Waals surface area (Å²) in [4.78, 5) is 29.2. The van der Waals surface area contributed by atoms with Crippen molar-refractivity contribution in [3.8, 4) is 5.75 Å². The minimum absolute atomic E-state index is 0.253. The first-order valence-corrected chi connectivity index (χ1v) is 8.76. The van der Waals surface area contributed by atoms with E-state index in [9.17, 15) is 9.59 Å². The average molecular weight is 397 g/mol. The van der Waals surface area contributed by atoms with Gasteiger partial charge in [0, 0.05) is 23.6 Å². The molecular formula is C21H17ClN2O4. The third kappa shape index (κ3) is 4.66. The zero-order valence-electron chi connectivity index (χ0n) is 15.0. The first kappa shape index (κ1) is 19.4. The zero-order chi connectivity index (χ0) is 19.9. The molecule has 1 aromatic heterocycles. The number of rotatable bonds is 6. The molecule has 0 fully saturated rings. The van der Waals surface area contributed by atoms with E-state index >= 15 is 0 Å². The highest BCUT2D eigenvalue weighted by atomic mass is 35.5. The van der Waals surface area contributed by atoms with Crippen molar-refractivity contribution in [3.63, 3.8) is 0 Å². The lowest BCUT2D eigenvalue weighted by Gasteiger charge is -2.18. The Bertz CT molecular complexity index is 965. The van der Waals surface area contributed by atoms with Crippen LogP contribution in [0.2, 0.25) is 5.02 Å². The van der Waals surface area contributed by atoms with E-state index in [1.807, 2.05) is 6.07 Å². The second-order valence-electron chi connectivity index (χ2n) is 5.78. The second-order valence-corrected chi connectivity index (χ2v) is 6.18. The molecule has 1 N–H and O–H groups in total. The molecule has 1 heterocycles. The molecule has 2 aromatic carbocycles. The van der Waals surface area contributed by atoms with Gasteiger partial charge in [-0.05, 0) is 30.3 Å². The fourth-order valence-corrected chi connectivity index (χ4v) is 2.77. The number of halogens is 1. The van der Waals surface area contributed by atoms with Crippen molar-refractivity contribution in [2.75, 3.05) is 12.4 Å². The van der Waals surface area contributed by atoms with E-state index in [-0.39, 0.29) is 5.56 Å². The van der Waals surface area contributed by atoms with Crippen LogP contribution < -0.4 is 10.1 Å². The molecule has 142 valence electrons. The standard InChI is InChI=1S/C21H17ClN2O4/c1-27-18-10-9-16(12-17(18)22)24-20(25)19(14-6-3-2-4-7-14)28-21(26)15-8-5-11-23-13-15/h2-13,19H,1H3,(H,24,25)/t19-/m1/s1. The Morgan fingerprint density at radius 1 is 1.07 bits per heavy atom. The molecule has 0 aliphatic heterocycles. The van der Waals surface area contributed by atoms with E-state index in [0.29, 0.717) is 22.0 Å². The van der Waals surface area contributed by atoms with Crippen LogP contribution in [-0.4, -0.2) is 24.0 Å². The van der Waals surface area contributed by atoms with Crippen LogP contribution in [0, 0.1) is 0 Å². The number of methoxy groups -OCH3 is 1. The lowest BCUT2D eigenvalue weighted by Crippen LogP contribution is -2.26. The van der Waals surface area contributed by atoms with E-state index in [0.717, 1.165) is 0 Å². The minimum atomic E-state index is -1.14. The summed E-state index contributed by atoms with van der Waals surface area (Å²) in [5, 5.41) is 3.07. The third-order valence-corrected chi connectivity index (χ3v) is 4.18. The van der Waals surface area contributed by atoms with Crippen molar-refractivity contribution >= 4 is 29.2 Å². The molecule has 3 rings (SSSR count). The molecule has 1 amide bonds. The number of nitrogens with zero attached hydrogens (tertiary/aromatic N) is 1. The fraction of sp³-hybridized carbons (Fsp3) is 0.0952. The summed E-state index contributed by atoms with van der Waals surface area (Å²) in [6.07, 6.45) is 1.78. The molecular weight excluding hydrogens is 380 g/mol. The molecule has 0 aliphatic rings.